The van der Waals surface area contributed by atoms with Crippen LogP contribution in [0.5, 0.6) is 0 Å². The minimum Gasteiger partial charge on any atom is -0.300 e. The molecule has 22 heavy (non-hydrogen) atoms. The Morgan fingerprint density at radius 1 is 1.00 bits per heavy atom. The van der Waals surface area contributed by atoms with E-state index < -0.39 is 0 Å². The van der Waals surface area contributed by atoms with E-state index in [2.05, 4.69) is 20.8 Å². The van der Waals surface area contributed by atoms with Crippen LogP contribution in [0.2, 0.25) is 0 Å². The molecule has 3 fully saturated rings. The summed E-state index contributed by atoms with van der Waals surface area (Å²) in [4.78, 5) is 12.1. The zero-order valence-corrected chi connectivity index (χ0v) is 14.9. The summed E-state index contributed by atoms with van der Waals surface area (Å²) in [5.74, 6) is 3.43. The van der Waals surface area contributed by atoms with E-state index in [-0.39, 0.29) is 0 Å². The van der Waals surface area contributed by atoms with Gasteiger partial charge >= 0.3 is 0 Å². The lowest BCUT2D eigenvalue weighted by atomic mass is 9.48. The number of hydrogen-bond acceptors (Lipinski definition) is 1. The second-order valence-corrected chi connectivity index (χ2v) is 9.38. The van der Waals surface area contributed by atoms with Crippen LogP contribution >= 0.6 is 0 Å². The van der Waals surface area contributed by atoms with Crippen molar-refractivity contribution in [2.75, 3.05) is 0 Å². The Balaban J connectivity index is 1.68. The van der Waals surface area contributed by atoms with Gasteiger partial charge in [0.2, 0.25) is 0 Å². The molecule has 0 aromatic rings. The number of carbonyl (C=O) groups excluding carboxylic acids is 1. The molecule has 1 nitrogen and oxygen atoms in total. The maximum atomic E-state index is 12.1. The van der Waals surface area contributed by atoms with Crippen molar-refractivity contribution in [3.63, 3.8) is 0 Å². The van der Waals surface area contributed by atoms with Crippen LogP contribution in [-0.4, -0.2) is 5.78 Å². The molecule has 0 radical (unpaired) electrons. The van der Waals surface area contributed by atoms with Gasteiger partial charge in [-0.3, -0.25) is 4.79 Å². The molecular formula is C21H32O. The topological polar surface area (TPSA) is 17.1 Å². The Kier molecular flexibility index (Phi) is 3.20. The lowest BCUT2D eigenvalue weighted by Gasteiger charge is -2.56. The van der Waals surface area contributed by atoms with Crippen LogP contribution in [0.25, 0.3) is 0 Å². The van der Waals surface area contributed by atoms with Gasteiger partial charge in [-0.05, 0) is 93.8 Å². The fourth-order valence-corrected chi connectivity index (χ4v) is 7.60. The third kappa shape index (κ3) is 1.74. The van der Waals surface area contributed by atoms with Gasteiger partial charge in [-0.15, -0.1) is 0 Å². The first-order valence-corrected chi connectivity index (χ1v) is 9.57. The normalized spacial score (nSPS) is 50.5. The van der Waals surface area contributed by atoms with Crippen molar-refractivity contribution in [2.24, 2.45) is 34.5 Å². The number of hydrogen-bond donors (Lipinski definition) is 0. The van der Waals surface area contributed by atoms with Gasteiger partial charge in [-0.2, -0.15) is 0 Å². The van der Waals surface area contributed by atoms with E-state index in [4.69, 9.17) is 0 Å². The van der Waals surface area contributed by atoms with Crippen molar-refractivity contribution in [1.29, 1.82) is 0 Å². The number of fused-ring (bicyclic) bond motifs is 5. The third-order valence-corrected chi connectivity index (χ3v) is 8.70. The van der Waals surface area contributed by atoms with Crippen LogP contribution < -0.4 is 0 Å². The maximum absolute atomic E-state index is 12.1. The minimum absolute atomic E-state index is 0.318. The van der Waals surface area contributed by atoms with E-state index in [9.17, 15) is 4.79 Å². The number of carbonyl (C=O) groups is 1. The molecule has 0 saturated heterocycles. The summed E-state index contributed by atoms with van der Waals surface area (Å²) in [5, 5.41) is 0. The van der Waals surface area contributed by atoms with Gasteiger partial charge in [-0.1, -0.05) is 25.0 Å². The minimum atomic E-state index is 0.318. The molecule has 0 bridgehead atoms. The molecule has 4 aliphatic carbocycles. The zero-order chi connectivity index (χ0) is 15.7. The van der Waals surface area contributed by atoms with Crippen molar-refractivity contribution in [3.8, 4) is 0 Å². The summed E-state index contributed by atoms with van der Waals surface area (Å²) in [6.45, 7) is 9.26. The van der Waals surface area contributed by atoms with Gasteiger partial charge < -0.3 is 0 Å². The largest absolute Gasteiger partial charge is 0.300 e. The summed E-state index contributed by atoms with van der Waals surface area (Å²) in [6.07, 6.45) is 10.6. The highest BCUT2D eigenvalue weighted by Gasteiger charge is 2.59. The number of ketones is 1. The van der Waals surface area contributed by atoms with Crippen molar-refractivity contribution in [1.82, 2.24) is 0 Å². The predicted octanol–water partition coefficient (Wildman–Crippen LogP) is 5.54. The summed E-state index contributed by atoms with van der Waals surface area (Å²) in [7, 11) is 0. The molecule has 4 aliphatic rings. The van der Waals surface area contributed by atoms with Crippen LogP contribution in [0, 0.1) is 34.5 Å². The Morgan fingerprint density at radius 2 is 1.77 bits per heavy atom. The molecule has 0 heterocycles. The van der Waals surface area contributed by atoms with Crippen molar-refractivity contribution in [2.45, 2.75) is 79.1 Å². The number of Topliss-reactive ketones (excluding diaryl/α,β-unsaturated/α-hetero) is 1. The SMILES string of the molecule is CC(=O)C1CC[C@H]2[C@@H]3CCC4=C(C)CC[C@]4(C)[C@H]3CC[C@]12C. The van der Waals surface area contributed by atoms with Crippen molar-refractivity contribution < 1.29 is 4.79 Å². The van der Waals surface area contributed by atoms with E-state index >= 15 is 0 Å². The van der Waals surface area contributed by atoms with Crippen molar-refractivity contribution in [3.05, 3.63) is 11.1 Å². The molecule has 0 N–H and O–H groups in total. The van der Waals surface area contributed by atoms with E-state index in [1.807, 2.05) is 12.5 Å². The van der Waals surface area contributed by atoms with Gasteiger partial charge in [0.1, 0.15) is 5.78 Å². The first-order chi connectivity index (χ1) is 10.4. The summed E-state index contributed by atoms with van der Waals surface area (Å²) < 4.78 is 0. The molecule has 4 rings (SSSR count). The molecule has 0 amide bonds. The van der Waals surface area contributed by atoms with Gasteiger partial charge in [-0.25, -0.2) is 0 Å². The first kappa shape index (κ1) is 15.0. The van der Waals surface area contributed by atoms with E-state index in [0.717, 1.165) is 24.2 Å². The molecule has 1 heteroatoms. The average molecular weight is 300 g/mol. The summed E-state index contributed by atoms with van der Waals surface area (Å²) in [5.41, 5.74) is 4.36. The summed E-state index contributed by atoms with van der Waals surface area (Å²) in [6, 6.07) is 0. The quantitative estimate of drug-likeness (QED) is 0.581. The fourth-order valence-electron chi connectivity index (χ4n) is 7.60. The Morgan fingerprint density at radius 3 is 2.50 bits per heavy atom. The monoisotopic (exact) mass is 300 g/mol. The van der Waals surface area contributed by atoms with Gasteiger partial charge in [0.05, 0.1) is 0 Å². The standard InChI is InChI=1S/C21H32O/c1-13-9-11-20(3)16(13)6-5-15-18-8-7-17(14(2)22)21(18,4)12-10-19(15)20/h15,17-19H,5-12H2,1-4H3/t15-,17?,18-,19-,20-,21+/m0/s1. The second-order valence-electron chi connectivity index (χ2n) is 9.38. The third-order valence-electron chi connectivity index (χ3n) is 8.70. The van der Waals surface area contributed by atoms with E-state index in [0.29, 0.717) is 22.5 Å². The Hall–Kier alpha value is -0.590. The van der Waals surface area contributed by atoms with Gasteiger partial charge in [0.15, 0.2) is 0 Å². The number of allylic oxidation sites excluding steroid dienone is 2. The smallest absolute Gasteiger partial charge is 0.133 e. The highest BCUT2D eigenvalue weighted by atomic mass is 16.1. The first-order valence-electron chi connectivity index (χ1n) is 9.57. The zero-order valence-electron chi connectivity index (χ0n) is 14.9. The van der Waals surface area contributed by atoms with Crippen LogP contribution in [0.1, 0.15) is 79.1 Å². The van der Waals surface area contributed by atoms with Crippen LogP contribution in [-0.2, 0) is 4.79 Å². The van der Waals surface area contributed by atoms with Crippen LogP contribution in [0.4, 0.5) is 0 Å². The molecule has 3 saturated carbocycles. The van der Waals surface area contributed by atoms with Crippen LogP contribution in [0.15, 0.2) is 11.1 Å². The molecule has 0 aliphatic heterocycles. The second kappa shape index (κ2) is 4.71. The maximum Gasteiger partial charge on any atom is 0.133 e. The lowest BCUT2D eigenvalue weighted by Crippen LogP contribution is -2.49. The van der Waals surface area contributed by atoms with Crippen LogP contribution in [0.3, 0.4) is 0 Å². The van der Waals surface area contributed by atoms with E-state index in [1.54, 1.807) is 5.57 Å². The van der Waals surface area contributed by atoms with Crippen molar-refractivity contribution >= 4 is 5.78 Å². The van der Waals surface area contributed by atoms with E-state index in [1.165, 1.54) is 44.9 Å². The lowest BCUT2D eigenvalue weighted by molar-refractivity contribution is -0.127. The Bertz CT molecular complexity index is 544. The summed E-state index contributed by atoms with van der Waals surface area (Å²) >= 11 is 0. The average Bonchev–Trinajstić information content (AvgIpc) is 2.96. The molecular weight excluding hydrogens is 268 g/mol. The molecule has 1 unspecified atom stereocenters. The molecule has 6 atom stereocenters. The number of rotatable bonds is 1. The highest BCUT2D eigenvalue weighted by molar-refractivity contribution is 5.79. The predicted molar refractivity (Wildman–Crippen MR) is 90.5 cm³/mol. The molecule has 0 aromatic heterocycles. The van der Waals surface area contributed by atoms with Gasteiger partial charge in [0, 0.05) is 5.92 Å². The Labute approximate surface area is 135 Å². The fraction of sp³-hybridized carbons (Fsp3) is 0.857. The molecule has 122 valence electrons. The highest BCUT2D eigenvalue weighted by Crippen LogP contribution is 2.67. The molecule has 0 aromatic carbocycles. The van der Waals surface area contributed by atoms with Gasteiger partial charge in [0.25, 0.3) is 0 Å². The molecule has 0 spiro atoms.